The number of rotatable bonds is 4. The Balaban J connectivity index is 1.56. The predicted octanol–water partition coefficient (Wildman–Crippen LogP) is 4.54. The Kier molecular flexibility index (Phi) is 5.58. The molecule has 0 bridgehead atoms. The standard InChI is InChI=1S/C22H25NO3S/c24-21(23-13-7-2-8-14-23)20(16-9-3-1-4-10-16)26-22(25)19-15-17-11-5-6-12-18(17)27-19/h1,3-4,9-10,15,20H,2,5-8,11-14H2/t20-/m1/s1. The summed E-state index contributed by atoms with van der Waals surface area (Å²) in [7, 11) is 0. The van der Waals surface area contributed by atoms with Crippen LogP contribution in [0.5, 0.6) is 0 Å². The third-order valence-electron chi connectivity index (χ3n) is 5.42. The highest BCUT2D eigenvalue weighted by Crippen LogP contribution is 2.31. The summed E-state index contributed by atoms with van der Waals surface area (Å²) in [6.45, 7) is 1.49. The number of ether oxygens (including phenoxy) is 1. The van der Waals surface area contributed by atoms with Crippen molar-refractivity contribution in [2.45, 2.75) is 51.0 Å². The number of thiophene rings is 1. The Morgan fingerprint density at radius 1 is 0.963 bits per heavy atom. The fraction of sp³-hybridized carbons (Fsp3) is 0.455. The highest BCUT2D eigenvalue weighted by Gasteiger charge is 2.31. The van der Waals surface area contributed by atoms with Gasteiger partial charge in [-0.25, -0.2) is 4.79 Å². The van der Waals surface area contributed by atoms with E-state index in [-0.39, 0.29) is 11.9 Å². The molecule has 0 spiro atoms. The summed E-state index contributed by atoms with van der Waals surface area (Å²) in [6.07, 6.45) is 6.75. The van der Waals surface area contributed by atoms with Crippen LogP contribution in [0.15, 0.2) is 36.4 Å². The molecule has 1 aliphatic heterocycles. The van der Waals surface area contributed by atoms with Gasteiger partial charge in [-0.15, -0.1) is 11.3 Å². The van der Waals surface area contributed by atoms with E-state index < -0.39 is 6.10 Å². The molecule has 2 aliphatic rings. The van der Waals surface area contributed by atoms with Gasteiger partial charge < -0.3 is 9.64 Å². The second-order valence-electron chi connectivity index (χ2n) is 7.35. The average Bonchev–Trinajstić information content (AvgIpc) is 3.17. The smallest absolute Gasteiger partial charge is 0.349 e. The van der Waals surface area contributed by atoms with E-state index in [2.05, 4.69) is 0 Å². The van der Waals surface area contributed by atoms with E-state index >= 15 is 0 Å². The lowest BCUT2D eigenvalue weighted by Crippen LogP contribution is -2.40. The molecule has 142 valence electrons. The lowest BCUT2D eigenvalue weighted by atomic mass is 9.99. The van der Waals surface area contributed by atoms with Crippen LogP contribution < -0.4 is 0 Å². The topological polar surface area (TPSA) is 46.6 Å². The first-order valence-electron chi connectivity index (χ1n) is 9.88. The zero-order valence-electron chi connectivity index (χ0n) is 15.5. The van der Waals surface area contributed by atoms with Crippen LogP contribution in [0.2, 0.25) is 0 Å². The molecular formula is C22H25NO3S. The van der Waals surface area contributed by atoms with Crippen LogP contribution in [-0.4, -0.2) is 29.9 Å². The molecule has 0 saturated carbocycles. The number of amides is 1. The van der Waals surface area contributed by atoms with Crippen LogP contribution in [0, 0.1) is 0 Å². The van der Waals surface area contributed by atoms with Gasteiger partial charge in [0.25, 0.3) is 5.91 Å². The van der Waals surface area contributed by atoms with Gasteiger partial charge in [-0.2, -0.15) is 0 Å². The van der Waals surface area contributed by atoms with Gasteiger partial charge in [0.05, 0.1) is 0 Å². The van der Waals surface area contributed by atoms with Crippen molar-refractivity contribution in [2.24, 2.45) is 0 Å². The Hall–Kier alpha value is -2.14. The first-order valence-corrected chi connectivity index (χ1v) is 10.7. The van der Waals surface area contributed by atoms with Crippen molar-refractivity contribution in [3.8, 4) is 0 Å². The van der Waals surface area contributed by atoms with Crippen LogP contribution in [0.4, 0.5) is 0 Å². The van der Waals surface area contributed by atoms with Gasteiger partial charge in [0.15, 0.2) is 0 Å². The summed E-state index contributed by atoms with van der Waals surface area (Å²) in [5.74, 6) is -0.482. The molecule has 1 aromatic heterocycles. The number of aryl methyl sites for hydroxylation is 2. The molecule has 5 heteroatoms. The first kappa shape index (κ1) is 18.2. The van der Waals surface area contributed by atoms with E-state index in [9.17, 15) is 9.59 Å². The van der Waals surface area contributed by atoms with Gasteiger partial charge in [0, 0.05) is 23.5 Å². The molecule has 0 unspecified atom stereocenters. The largest absolute Gasteiger partial charge is 0.443 e. The SMILES string of the molecule is O=C(O[C@@H](C(=O)N1CCCCC1)c1ccccc1)c1cc2c(s1)CCCC2. The zero-order valence-corrected chi connectivity index (χ0v) is 16.3. The maximum atomic E-state index is 13.1. The molecule has 1 fully saturated rings. The molecule has 1 atom stereocenters. The highest BCUT2D eigenvalue weighted by molar-refractivity contribution is 7.14. The van der Waals surface area contributed by atoms with E-state index in [1.165, 1.54) is 34.6 Å². The zero-order chi connectivity index (χ0) is 18.6. The van der Waals surface area contributed by atoms with Crippen LogP contribution in [-0.2, 0) is 22.4 Å². The number of fused-ring (bicyclic) bond motifs is 1. The molecule has 27 heavy (non-hydrogen) atoms. The summed E-state index contributed by atoms with van der Waals surface area (Å²) in [6, 6.07) is 11.3. The van der Waals surface area contributed by atoms with E-state index in [4.69, 9.17) is 4.74 Å². The summed E-state index contributed by atoms with van der Waals surface area (Å²) in [4.78, 5) is 29.7. The Labute approximate surface area is 164 Å². The molecule has 1 aliphatic carbocycles. The quantitative estimate of drug-likeness (QED) is 0.729. The van der Waals surface area contributed by atoms with E-state index in [0.29, 0.717) is 4.88 Å². The molecule has 1 saturated heterocycles. The van der Waals surface area contributed by atoms with E-state index in [1.54, 1.807) is 0 Å². The molecule has 0 N–H and O–H groups in total. The average molecular weight is 384 g/mol. The molecule has 4 nitrogen and oxygen atoms in total. The minimum Gasteiger partial charge on any atom is -0.443 e. The van der Waals surface area contributed by atoms with Crippen molar-refractivity contribution < 1.29 is 14.3 Å². The number of carbonyl (C=O) groups excluding carboxylic acids is 2. The minimum atomic E-state index is -0.865. The summed E-state index contributed by atoms with van der Waals surface area (Å²) >= 11 is 1.53. The van der Waals surface area contributed by atoms with Gasteiger partial charge in [0.1, 0.15) is 4.88 Å². The van der Waals surface area contributed by atoms with Gasteiger partial charge in [-0.3, -0.25) is 4.79 Å². The van der Waals surface area contributed by atoms with Crippen molar-refractivity contribution in [1.82, 2.24) is 4.90 Å². The third kappa shape index (κ3) is 4.08. The highest BCUT2D eigenvalue weighted by atomic mass is 32.1. The Bertz CT molecular complexity index is 785. The first-order chi connectivity index (χ1) is 13.2. The van der Waals surface area contributed by atoms with Crippen molar-refractivity contribution in [3.63, 3.8) is 0 Å². The normalized spacial score (nSPS) is 17.9. The summed E-state index contributed by atoms with van der Waals surface area (Å²) < 4.78 is 5.80. The van der Waals surface area contributed by atoms with E-state index in [1.807, 2.05) is 41.3 Å². The molecule has 2 aromatic rings. The van der Waals surface area contributed by atoms with Crippen molar-refractivity contribution >= 4 is 23.2 Å². The minimum absolute atomic E-state index is 0.101. The van der Waals surface area contributed by atoms with Gasteiger partial charge in [-0.1, -0.05) is 30.3 Å². The molecule has 0 radical (unpaired) electrons. The molecule has 1 amide bonds. The van der Waals surface area contributed by atoms with Crippen LogP contribution >= 0.6 is 11.3 Å². The van der Waals surface area contributed by atoms with Crippen molar-refractivity contribution in [3.05, 3.63) is 57.3 Å². The molecule has 4 rings (SSSR count). The molecule has 2 heterocycles. The van der Waals surface area contributed by atoms with Crippen LogP contribution in [0.25, 0.3) is 0 Å². The van der Waals surface area contributed by atoms with Crippen molar-refractivity contribution in [1.29, 1.82) is 0 Å². The number of carbonyl (C=O) groups is 2. The van der Waals surface area contributed by atoms with E-state index in [0.717, 1.165) is 50.8 Å². The second kappa shape index (κ2) is 8.26. The monoisotopic (exact) mass is 383 g/mol. The molecule has 1 aromatic carbocycles. The van der Waals surface area contributed by atoms with Crippen molar-refractivity contribution in [2.75, 3.05) is 13.1 Å². The number of esters is 1. The number of hydrogen-bond acceptors (Lipinski definition) is 4. The van der Waals surface area contributed by atoms with Crippen LogP contribution in [0.1, 0.15) is 63.9 Å². The fourth-order valence-corrected chi connectivity index (χ4v) is 5.06. The van der Waals surface area contributed by atoms with Gasteiger partial charge in [0.2, 0.25) is 6.10 Å². The number of piperidine rings is 1. The number of likely N-dealkylation sites (tertiary alicyclic amines) is 1. The molecular weight excluding hydrogens is 358 g/mol. The summed E-state index contributed by atoms with van der Waals surface area (Å²) in [5.41, 5.74) is 2.01. The number of hydrogen-bond donors (Lipinski definition) is 0. The Morgan fingerprint density at radius 3 is 2.44 bits per heavy atom. The number of nitrogens with zero attached hydrogens (tertiary/aromatic N) is 1. The maximum Gasteiger partial charge on any atom is 0.349 e. The Morgan fingerprint density at radius 2 is 1.70 bits per heavy atom. The number of benzene rings is 1. The fourth-order valence-electron chi connectivity index (χ4n) is 3.93. The lowest BCUT2D eigenvalue weighted by Gasteiger charge is -2.30. The van der Waals surface area contributed by atoms with Gasteiger partial charge >= 0.3 is 5.97 Å². The second-order valence-corrected chi connectivity index (χ2v) is 8.48. The van der Waals surface area contributed by atoms with Crippen LogP contribution in [0.3, 0.4) is 0 Å². The predicted molar refractivity (Wildman–Crippen MR) is 106 cm³/mol. The summed E-state index contributed by atoms with van der Waals surface area (Å²) in [5, 5.41) is 0. The maximum absolute atomic E-state index is 13.1. The van der Waals surface area contributed by atoms with Gasteiger partial charge in [-0.05, 0) is 56.6 Å². The third-order valence-corrected chi connectivity index (χ3v) is 6.63. The lowest BCUT2D eigenvalue weighted by molar-refractivity contribution is -0.142.